The lowest BCUT2D eigenvalue weighted by molar-refractivity contribution is 0.628. The summed E-state index contributed by atoms with van der Waals surface area (Å²) in [6.45, 7) is 1.94. The summed E-state index contributed by atoms with van der Waals surface area (Å²) in [6.07, 6.45) is 1.69. The Morgan fingerprint density at radius 3 is 2.57 bits per heavy atom. The first kappa shape index (κ1) is 8.88. The second-order valence-corrected chi connectivity index (χ2v) is 3.07. The lowest BCUT2D eigenvalue weighted by Gasteiger charge is -2.03. The molecule has 69 valence electrons. The molecule has 0 fully saturated rings. The molecule has 0 bridgehead atoms. The highest BCUT2D eigenvalue weighted by Gasteiger charge is 2.01. The molecule has 1 aromatic heterocycles. The maximum absolute atomic E-state index is 12.7. The van der Waals surface area contributed by atoms with Crippen molar-refractivity contribution in [3.8, 4) is 11.3 Å². The normalized spacial score (nSPS) is 10.1. The summed E-state index contributed by atoms with van der Waals surface area (Å²) >= 11 is 0. The maximum atomic E-state index is 12.7. The minimum atomic E-state index is -0.230. The van der Waals surface area contributed by atoms with Crippen molar-refractivity contribution in [3.05, 3.63) is 54.0 Å². The molecule has 0 N–H and O–H groups in total. The van der Waals surface area contributed by atoms with Gasteiger partial charge in [0.25, 0.3) is 0 Å². The van der Waals surface area contributed by atoms with Gasteiger partial charge in [-0.2, -0.15) is 0 Å². The first-order valence-electron chi connectivity index (χ1n) is 4.36. The Morgan fingerprint density at radius 2 is 1.93 bits per heavy atom. The van der Waals surface area contributed by atoms with Gasteiger partial charge in [0, 0.05) is 11.8 Å². The summed E-state index contributed by atoms with van der Waals surface area (Å²) in [7, 11) is 0. The fourth-order valence-electron chi connectivity index (χ4n) is 1.34. The second-order valence-electron chi connectivity index (χ2n) is 3.07. The molecule has 1 heterocycles. The van der Waals surface area contributed by atoms with Crippen molar-refractivity contribution in [1.82, 2.24) is 4.98 Å². The van der Waals surface area contributed by atoms with E-state index in [1.165, 1.54) is 12.1 Å². The fraction of sp³-hybridized carbons (Fsp3) is 0.0833. The van der Waals surface area contributed by atoms with Gasteiger partial charge in [-0.3, -0.25) is 4.98 Å². The zero-order chi connectivity index (χ0) is 9.97. The highest BCUT2D eigenvalue weighted by molar-refractivity contribution is 5.62. The number of nitrogens with zero attached hydrogens (tertiary/aromatic N) is 1. The molecule has 0 saturated carbocycles. The highest BCUT2D eigenvalue weighted by Crippen LogP contribution is 2.19. The van der Waals surface area contributed by atoms with Gasteiger partial charge in [-0.05, 0) is 48.9 Å². The van der Waals surface area contributed by atoms with E-state index in [-0.39, 0.29) is 5.82 Å². The summed E-state index contributed by atoms with van der Waals surface area (Å²) < 4.78 is 12.7. The summed E-state index contributed by atoms with van der Waals surface area (Å²) in [5.41, 5.74) is 2.74. The van der Waals surface area contributed by atoms with Gasteiger partial charge in [0.1, 0.15) is 5.82 Å². The monoisotopic (exact) mass is 186 g/mol. The molecular weight excluding hydrogens is 177 g/mol. The van der Waals surface area contributed by atoms with Crippen LogP contribution in [0.25, 0.3) is 11.3 Å². The second kappa shape index (κ2) is 3.58. The molecule has 0 unspecified atom stereocenters. The van der Waals surface area contributed by atoms with Crippen LogP contribution >= 0.6 is 0 Å². The van der Waals surface area contributed by atoms with Crippen LogP contribution in [0.15, 0.2) is 36.5 Å². The zero-order valence-electron chi connectivity index (χ0n) is 7.79. The third-order valence-electron chi connectivity index (χ3n) is 2.05. The molecule has 1 aromatic carbocycles. The SMILES string of the molecule is Cc1[c]ccnc1-c1ccc(F)cc1. The zero-order valence-corrected chi connectivity index (χ0v) is 7.79. The van der Waals surface area contributed by atoms with E-state index in [0.29, 0.717) is 0 Å². The van der Waals surface area contributed by atoms with Crippen LogP contribution in [-0.4, -0.2) is 4.98 Å². The molecule has 2 aromatic rings. The van der Waals surface area contributed by atoms with Crippen molar-refractivity contribution in [1.29, 1.82) is 0 Å². The molecule has 0 amide bonds. The highest BCUT2D eigenvalue weighted by atomic mass is 19.1. The Morgan fingerprint density at radius 1 is 1.21 bits per heavy atom. The van der Waals surface area contributed by atoms with Crippen LogP contribution in [0, 0.1) is 18.8 Å². The Bertz CT molecular complexity index is 434. The van der Waals surface area contributed by atoms with E-state index in [4.69, 9.17) is 0 Å². The molecule has 0 atom stereocenters. The smallest absolute Gasteiger partial charge is 0.123 e. The number of aromatic nitrogens is 1. The molecule has 0 spiro atoms. The average Bonchev–Trinajstić information content (AvgIpc) is 2.20. The van der Waals surface area contributed by atoms with Gasteiger partial charge in [-0.1, -0.05) is 0 Å². The van der Waals surface area contributed by atoms with Crippen LogP contribution in [0.3, 0.4) is 0 Å². The number of hydrogen-bond donors (Lipinski definition) is 0. The minimum absolute atomic E-state index is 0.230. The maximum Gasteiger partial charge on any atom is 0.123 e. The minimum Gasteiger partial charge on any atom is -0.256 e. The Hall–Kier alpha value is -1.70. The molecular formula is C12H9FN. The first-order valence-corrected chi connectivity index (χ1v) is 4.36. The van der Waals surface area contributed by atoms with Crippen LogP contribution < -0.4 is 0 Å². The van der Waals surface area contributed by atoms with Crippen molar-refractivity contribution in [2.45, 2.75) is 6.92 Å². The Kier molecular flexibility index (Phi) is 2.27. The molecule has 2 heteroatoms. The predicted octanol–water partition coefficient (Wildman–Crippen LogP) is 3.00. The van der Waals surface area contributed by atoms with E-state index in [9.17, 15) is 4.39 Å². The van der Waals surface area contributed by atoms with Crippen LogP contribution in [0.4, 0.5) is 4.39 Å². The average molecular weight is 186 g/mol. The van der Waals surface area contributed by atoms with Gasteiger partial charge in [0.15, 0.2) is 0 Å². The van der Waals surface area contributed by atoms with Crippen LogP contribution in [0.2, 0.25) is 0 Å². The third-order valence-corrected chi connectivity index (χ3v) is 2.05. The Balaban J connectivity index is 2.50. The van der Waals surface area contributed by atoms with Crippen LogP contribution in [-0.2, 0) is 0 Å². The van der Waals surface area contributed by atoms with E-state index in [0.717, 1.165) is 16.8 Å². The van der Waals surface area contributed by atoms with Gasteiger partial charge in [0.05, 0.1) is 5.69 Å². The van der Waals surface area contributed by atoms with E-state index >= 15 is 0 Å². The summed E-state index contributed by atoms with van der Waals surface area (Å²) in [6, 6.07) is 11.1. The molecule has 1 nitrogen and oxygen atoms in total. The van der Waals surface area contributed by atoms with Crippen molar-refractivity contribution in [2.75, 3.05) is 0 Å². The number of pyridine rings is 1. The quantitative estimate of drug-likeness (QED) is 0.667. The number of rotatable bonds is 1. The summed E-state index contributed by atoms with van der Waals surface area (Å²) in [5, 5.41) is 0. The van der Waals surface area contributed by atoms with Gasteiger partial charge < -0.3 is 0 Å². The van der Waals surface area contributed by atoms with Crippen LogP contribution in [0.1, 0.15) is 5.56 Å². The van der Waals surface area contributed by atoms with Crippen molar-refractivity contribution in [3.63, 3.8) is 0 Å². The van der Waals surface area contributed by atoms with Crippen molar-refractivity contribution < 1.29 is 4.39 Å². The molecule has 2 rings (SSSR count). The van der Waals surface area contributed by atoms with E-state index in [1.54, 1.807) is 24.4 Å². The summed E-state index contributed by atoms with van der Waals surface area (Å²) in [4.78, 5) is 4.22. The topological polar surface area (TPSA) is 12.9 Å². The van der Waals surface area contributed by atoms with Crippen molar-refractivity contribution >= 4 is 0 Å². The van der Waals surface area contributed by atoms with E-state index in [2.05, 4.69) is 11.1 Å². The largest absolute Gasteiger partial charge is 0.256 e. The van der Waals surface area contributed by atoms with Gasteiger partial charge in [-0.15, -0.1) is 0 Å². The van der Waals surface area contributed by atoms with Crippen molar-refractivity contribution in [2.24, 2.45) is 0 Å². The number of aryl methyl sites for hydroxylation is 1. The van der Waals surface area contributed by atoms with Gasteiger partial charge in [0.2, 0.25) is 0 Å². The molecule has 14 heavy (non-hydrogen) atoms. The predicted molar refractivity (Wildman–Crippen MR) is 53.2 cm³/mol. The lowest BCUT2D eigenvalue weighted by atomic mass is 10.1. The van der Waals surface area contributed by atoms with E-state index < -0.39 is 0 Å². The summed E-state index contributed by atoms with van der Waals surface area (Å²) in [5.74, 6) is -0.230. The van der Waals surface area contributed by atoms with E-state index in [1.807, 2.05) is 6.92 Å². The number of halogens is 1. The molecule has 1 radical (unpaired) electrons. The fourth-order valence-corrected chi connectivity index (χ4v) is 1.34. The molecule has 0 aliphatic carbocycles. The molecule has 0 saturated heterocycles. The first-order chi connectivity index (χ1) is 6.77. The number of hydrogen-bond acceptors (Lipinski definition) is 1. The standard InChI is InChI=1S/C12H9FN/c1-9-3-2-8-14-12(9)10-4-6-11(13)7-5-10/h2,4-8H,1H3. The van der Waals surface area contributed by atoms with Gasteiger partial charge >= 0.3 is 0 Å². The molecule has 0 aliphatic heterocycles. The number of benzene rings is 1. The Labute approximate surface area is 82.2 Å². The molecule has 0 aliphatic rings. The van der Waals surface area contributed by atoms with Crippen LogP contribution in [0.5, 0.6) is 0 Å². The lowest BCUT2D eigenvalue weighted by Crippen LogP contribution is -1.87. The van der Waals surface area contributed by atoms with Gasteiger partial charge in [-0.25, -0.2) is 4.39 Å². The third kappa shape index (κ3) is 1.64.